The molecule has 1 aliphatic carbocycles. The molecule has 0 radical (unpaired) electrons. The van der Waals surface area contributed by atoms with Gasteiger partial charge in [-0.15, -0.1) is 5.10 Å². The van der Waals surface area contributed by atoms with E-state index in [2.05, 4.69) is 10.4 Å². The van der Waals surface area contributed by atoms with Crippen LogP contribution in [0.1, 0.15) is 31.2 Å². The van der Waals surface area contributed by atoms with Crippen molar-refractivity contribution >= 4 is 5.82 Å². The average Bonchev–Trinajstić information content (AvgIpc) is 3.49. The third-order valence-electron chi connectivity index (χ3n) is 6.62. The number of nitriles is 1. The van der Waals surface area contributed by atoms with Crippen LogP contribution in [0.4, 0.5) is 10.2 Å². The van der Waals surface area contributed by atoms with Crippen LogP contribution in [0.2, 0.25) is 0 Å². The molecule has 0 bridgehead atoms. The van der Waals surface area contributed by atoms with Crippen molar-refractivity contribution in [2.75, 3.05) is 11.9 Å². The van der Waals surface area contributed by atoms with E-state index in [0.29, 0.717) is 11.5 Å². The molecule has 1 unspecified atom stereocenters. The Hall–Kier alpha value is -3.96. The second kappa shape index (κ2) is 9.72. The van der Waals surface area contributed by atoms with Gasteiger partial charge < -0.3 is 11.1 Å². The van der Waals surface area contributed by atoms with Crippen molar-refractivity contribution in [3.05, 3.63) is 72.3 Å². The van der Waals surface area contributed by atoms with Crippen LogP contribution in [0.5, 0.6) is 0 Å². The predicted octanol–water partition coefficient (Wildman–Crippen LogP) is 4.88. The molecule has 1 fully saturated rings. The normalized spacial score (nSPS) is 17.8. The fourth-order valence-electron chi connectivity index (χ4n) is 4.79. The quantitative estimate of drug-likeness (QED) is 0.419. The first-order valence-corrected chi connectivity index (χ1v) is 11.9. The van der Waals surface area contributed by atoms with Crippen molar-refractivity contribution in [2.45, 2.75) is 31.7 Å². The summed E-state index contributed by atoms with van der Waals surface area (Å²) in [6.07, 6.45) is 8.18. The minimum Gasteiger partial charge on any atom is -0.368 e. The molecule has 0 aliphatic heterocycles. The lowest BCUT2D eigenvalue weighted by atomic mass is 9.86. The molecule has 2 aromatic heterocycles. The topological polar surface area (TPSA) is 97.5 Å². The molecular weight excluding hydrogens is 441 g/mol. The smallest absolute Gasteiger partial charge is 0.149 e. The standard InChI is InChI=1S/C27H28FN7/c1-34-17-22(16-32-34)19-5-3-7-24(11-19)35-26(20-8-9-21(14-29)25(28)12-20)13-27(33-35)31-15-18-4-2-6-23(30)10-18/h3,5,7-9,11-13,16-18,23H,2,4,6,10,15,30H2,1H3,(H,31,33)/t18?,23-/m0/s1. The molecule has 0 saturated heterocycles. The van der Waals surface area contributed by atoms with Gasteiger partial charge in [-0.2, -0.15) is 10.4 Å². The number of nitrogens with one attached hydrogen (secondary N) is 1. The van der Waals surface area contributed by atoms with Gasteiger partial charge in [0.1, 0.15) is 17.7 Å². The Kier molecular flexibility index (Phi) is 6.34. The lowest BCUT2D eigenvalue weighted by Gasteiger charge is -2.26. The third kappa shape index (κ3) is 4.96. The second-order valence-corrected chi connectivity index (χ2v) is 9.26. The monoisotopic (exact) mass is 469 g/mol. The fraction of sp³-hybridized carbons (Fsp3) is 0.296. The first-order valence-electron chi connectivity index (χ1n) is 11.9. The number of hydrogen-bond acceptors (Lipinski definition) is 5. The fourth-order valence-corrected chi connectivity index (χ4v) is 4.79. The molecule has 7 nitrogen and oxygen atoms in total. The number of aryl methyl sites for hydroxylation is 1. The molecule has 0 amide bonds. The first kappa shape index (κ1) is 22.8. The molecule has 2 atom stereocenters. The van der Waals surface area contributed by atoms with Gasteiger partial charge in [-0.25, -0.2) is 9.07 Å². The molecule has 0 spiro atoms. The zero-order valence-corrected chi connectivity index (χ0v) is 19.7. The van der Waals surface area contributed by atoms with Crippen molar-refractivity contribution in [3.63, 3.8) is 0 Å². The Morgan fingerprint density at radius 1 is 1.14 bits per heavy atom. The van der Waals surface area contributed by atoms with Gasteiger partial charge >= 0.3 is 0 Å². The zero-order valence-electron chi connectivity index (χ0n) is 19.7. The van der Waals surface area contributed by atoms with E-state index in [9.17, 15) is 4.39 Å². The minimum absolute atomic E-state index is 0.0189. The molecule has 8 heteroatoms. The number of benzene rings is 2. The summed E-state index contributed by atoms with van der Waals surface area (Å²) in [5, 5.41) is 21.7. The summed E-state index contributed by atoms with van der Waals surface area (Å²) in [6, 6.07) is 16.7. The molecular formula is C27H28FN7. The maximum atomic E-state index is 14.5. The van der Waals surface area contributed by atoms with E-state index in [1.165, 1.54) is 12.1 Å². The summed E-state index contributed by atoms with van der Waals surface area (Å²) in [6.45, 7) is 0.793. The van der Waals surface area contributed by atoms with Gasteiger partial charge in [0, 0.05) is 43.0 Å². The summed E-state index contributed by atoms with van der Waals surface area (Å²) in [5.41, 5.74) is 10.4. The van der Waals surface area contributed by atoms with Gasteiger partial charge in [0.15, 0.2) is 0 Å². The molecule has 5 rings (SSSR count). The van der Waals surface area contributed by atoms with Crippen LogP contribution in [0.15, 0.2) is 60.9 Å². The van der Waals surface area contributed by atoms with Gasteiger partial charge in [-0.3, -0.25) is 4.68 Å². The number of nitrogens with two attached hydrogens (primary N) is 1. The van der Waals surface area contributed by atoms with Crippen LogP contribution in [-0.4, -0.2) is 32.1 Å². The SMILES string of the molecule is Cn1cc(-c2cccc(-n3nc(NCC4CCC[C@H](N)C4)cc3-c3ccc(C#N)c(F)c3)c2)cn1. The van der Waals surface area contributed by atoms with E-state index in [1.54, 1.807) is 10.7 Å². The van der Waals surface area contributed by atoms with E-state index < -0.39 is 5.82 Å². The zero-order chi connectivity index (χ0) is 24.4. The molecule has 3 N–H and O–H groups in total. The number of nitrogens with zero attached hydrogens (tertiary/aromatic N) is 5. The van der Waals surface area contributed by atoms with Crippen LogP contribution in [0.25, 0.3) is 28.1 Å². The highest BCUT2D eigenvalue weighted by Crippen LogP contribution is 2.30. The Balaban J connectivity index is 1.51. The van der Waals surface area contributed by atoms with Gasteiger partial charge in [0.2, 0.25) is 0 Å². The number of hydrogen-bond donors (Lipinski definition) is 2. The number of halogens is 1. The maximum Gasteiger partial charge on any atom is 0.149 e. The van der Waals surface area contributed by atoms with Crippen LogP contribution in [-0.2, 0) is 7.05 Å². The lowest BCUT2D eigenvalue weighted by Crippen LogP contribution is -2.31. The van der Waals surface area contributed by atoms with Gasteiger partial charge in [-0.1, -0.05) is 24.6 Å². The third-order valence-corrected chi connectivity index (χ3v) is 6.62. The highest BCUT2D eigenvalue weighted by Gasteiger charge is 2.20. The van der Waals surface area contributed by atoms with Crippen molar-refractivity contribution in [1.82, 2.24) is 19.6 Å². The Bertz CT molecular complexity index is 1380. The lowest BCUT2D eigenvalue weighted by molar-refractivity contribution is 0.335. The Morgan fingerprint density at radius 2 is 2.03 bits per heavy atom. The minimum atomic E-state index is -0.549. The Labute approximate surface area is 204 Å². The maximum absolute atomic E-state index is 14.5. The molecule has 4 aromatic rings. The Morgan fingerprint density at radius 3 is 2.77 bits per heavy atom. The van der Waals surface area contributed by atoms with E-state index in [4.69, 9.17) is 16.1 Å². The summed E-state index contributed by atoms with van der Waals surface area (Å²) in [7, 11) is 1.88. The summed E-state index contributed by atoms with van der Waals surface area (Å²) >= 11 is 0. The molecule has 2 aromatic carbocycles. The van der Waals surface area contributed by atoms with E-state index in [0.717, 1.165) is 60.6 Å². The first-order chi connectivity index (χ1) is 17.0. The van der Waals surface area contributed by atoms with E-state index in [1.807, 2.05) is 60.5 Å². The highest BCUT2D eigenvalue weighted by molar-refractivity contribution is 5.69. The van der Waals surface area contributed by atoms with Crippen molar-refractivity contribution in [2.24, 2.45) is 18.7 Å². The highest BCUT2D eigenvalue weighted by atomic mass is 19.1. The van der Waals surface area contributed by atoms with Crippen molar-refractivity contribution < 1.29 is 4.39 Å². The average molecular weight is 470 g/mol. The van der Waals surface area contributed by atoms with E-state index >= 15 is 0 Å². The van der Waals surface area contributed by atoms with Crippen LogP contribution >= 0.6 is 0 Å². The van der Waals surface area contributed by atoms with Gasteiger partial charge in [0.05, 0.1) is 23.1 Å². The van der Waals surface area contributed by atoms with E-state index in [-0.39, 0.29) is 11.6 Å². The number of aromatic nitrogens is 4. The van der Waals surface area contributed by atoms with Gasteiger partial charge in [-0.05, 0) is 55.0 Å². The van der Waals surface area contributed by atoms with Crippen LogP contribution in [0.3, 0.4) is 0 Å². The molecule has 178 valence electrons. The summed E-state index contributed by atoms with van der Waals surface area (Å²) in [4.78, 5) is 0. The number of anilines is 1. The second-order valence-electron chi connectivity index (χ2n) is 9.26. The summed E-state index contributed by atoms with van der Waals surface area (Å²) in [5.74, 6) is 0.678. The van der Waals surface area contributed by atoms with Crippen molar-refractivity contribution in [1.29, 1.82) is 5.26 Å². The predicted molar refractivity (Wildman–Crippen MR) is 134 cm³/mol. The molecule has 1 saturated carbocycles. The molecule has 2 heterocycles. The number of rotatable bonds is 6. The van der Waals surface area contributed by atoms with Gasteiger partial charge in [0.25, 0.3) is 0 Å². The van der Waals surface area contributed by atoms with Crippen molar-refractivity contribution in [3.8, 4) is 34.1 Å². The molecule has 1 aliphatic rings. The summed E-state index contributed by atoms with van der Waals surface area (Å²) < 4.78 is 18.1. The van der Waals surface area contributed by atoms with Crippen LogP contribution in [0, 0.1) is 23.1 Å². The largest absolute Gasteiger partial charge is 0.368 e. The van der Waals surface area contributed by atoms with Crippen LogP contribution < -0.4 is 11.1 Å². The molecule has 35 heavy (non-hydrogen) atoms.